The maximum absolute atomic E-state index is 12.1. The molecule has 1 amide bonds. The van der Waals surface area contributed by atoms with Crippen LogP contribution in [0.2, 0.25) is 0 Å². The summed E-state index contributed by atoms with van der Waals surface area (Å²) < 4.78 is 5.37. The maximum atomic E-state index is 12.1. The number of oxazole rings is 1. The van der Waals surface area contributed by atoms with Crippen molar-refractivity contribution in [2.45, 2.75) is 39.7 Å². The van der Waals surface area contributed by atoms with E-state index in [1.165, 1.54) is 0 Å². The number of nitrogens with zero attached hydrogens (tertiary/aromatic N) is 2. The Labute approximate surface area is 117 Å². The number of carbonyl (C=O) groups is 1. The maximum Gasteiger partial charge on any atom is 0.274 e. The van der Waals surface area contributed by atoms with Gasteiger partial charge in [-0.3, -0.25) is 9.89 Å². The lowest BCUT2D eigenvalue weighted by Crippen LogP contribution is -2.27. The number of amides is 1. The second kappa shape index (κ2) is 5.77. The molecule has 2 aromatic rings. The second-order valence-corrected chi connectivity index (χ2v) is 4.72. The molecule has 108 valence electrons. The van der Waals surface area contributed by atoms with Gasteiger partial charge in [-0.2, -0.15) is 5.10 Å². The highest BCUT2D eigenvalue weighted by atomic mass is 16.4. The van der Waals surface area contributed by atoms with Crippen molar-refractivity contribution in [3.05, 3.63) is 29.2 Å². The number of hydrogen-bond acceptors (Lipinski definition) is 5. The number of nitrogens with two attached hydrogens (primary N) is 1. The van der Waals surface area contributed by atoms with Gasteiger partial charge in [-0.05, 0) is 20.3 Å². The average molecular weight is 277 g/mol. The monoisotopic (exact) mass is 277 g/mol. The summed E-state index contributed by atoms with van der Waals surface area (Å²) in [5.41, 5.74) is 7.32. The summed E-state index contributed by atoms with van der Waals surface area (Å²) in [5, 5.41) is 9.54. The van der Waals surface area contributed by atoms with E-state index in [4.69, 9.17) is 10.2 Å². The van der Waals surface area contributed by atoms with Gasteiger partial charge in [0.25, 0.3) is 5.91 Å². The first kappa shape index (κ1) is 14.1. The van der Waals surface area contributed by atoms with Gasteiger partial charge >= 0.3 is 0 Å². The summed E-state index contributed by atoms with van der Waals surface area (Å²) >= 11 is 0. The Morgan fingerprint density at radius 3 is 2.95 bits per heavy atom. The molecule has 0 fully saturated rings. The molecule has 0 aliphatic rings. The number of hydrogen-bond donors (Lipinski definition) is 3. The summed E-state index contributed by atoms with van der Waals surface area (Å²) in [4.78, 5) is 16.2. The van der Waals surface area contributed by atoms with E-state index in [9.17, 15) is 4.79 Å². The summed E-state index contributed by atoms with van der Waals surface area (Å²) in [6.07, 6.45) is 3.31. The minimum absolute atomic E-state index is 0.212. The smallest absolute Gasteiger partial charge is 0.274 e. The van der Waals surface area contributed by atoms with Gasteiger partial charge in [-0.1, -0.05) is 13.3 Å². The molecule has 1 atom stereocenters. The van der Waals surface area contributed by atoms with E-state index in [0.29, 0.717) is 17.3 Å². The van der Waals surface area contributed by atoms with E-state index in [0.717, 1.165) is 18.5 Å². The number of H-pyrrole nitrogens is 1. The first-order valence-electron chi connectivity index (χ1n) is 6.58. The van der Waals surface area contributed by atoms with Gasteiger partial charge in [0.1, 0.15) is 11.8 Å². The van der Waals surface area contributed by atoms with Crippen LogP contribution in [0.4, 0.5) is 5.69 Å². The molecule has 7 heteroatoms. The van der Waals surface area contributed by atoms with Crippen LogP contribution in [0.25, 0.3) is 0 Å². The zero-order valence-corrected chi connectivity index (χ0v) is 11.9. The van der Waals surface area contributed by atoms with Crippen LogP contribution < -0.4 is 11.1 Å². The molecule has 0 radical (unpaired) electrons. The van der Waals surface area contributed by atoms with Crippen molar-refractivity contribution < 1.29 is 9.21 Å². The number of carbonyl (C=O) groups excluding carboxylic acids is 1. The fourth-order valence-corrected chi connectivity index (χ4v) is 1.90. The van der Waals surface area contributed by atoms with Crippen LogP contribution in [0.15, 0.2) is 10.6 Å². The molecule has 0 aliphatic heterocycles. The summed E-state index contributed by atoms with van der Waals surface area (Å²) in [6.45, 7) is 5.62. The Morgan fingerprint density at radius 1 is 1.60 bits per heavy atom. The number of aryl methyl sites for hydroxylation is 2. The van der Waals surface area contributed by atoms with E-state index in [2.05, 4.69) is 20.5 Å². The Balaban J connectivity index is 2.08. The average Bonchev–Trinajstić information content (AvgIpc) is 2.98. The summed E-state index contributed by atoms with van der Waals surface area (Å²) in [6, 6.07) is -0.345. The lowest BCUT2D eigenvalue weighted by atomic mass is 10.2. The van der Waals surface area contributed by atoms with Crippen LogP contribution in [-0.4, -0.2) is 21.1 Å². The zero-order chi connectivity index (χ0) is 14.7. The molecular formula is C13H19N5O2. The van der Waals surface area contributed by atoms with E-state index in [-0.39, 0.29) is 17.6 Å². The van der Waals surface area contributed by atoms with Gasteiger partial charge in [0.05, 0.1) is 17.6 Å². The van der Waals surface area contributed by atoms with Crippen molar-refractivity contribution in [2.24, 2.45) is 0 Å². The SMILES string of the molecule is CCCc1[nH]nc(C(=O)NC(C)c2ncc(C)o2)c1N. The van der Waals surface area contributed by atoms with Crippen molar-refractivity contribution in [2.75, 3.05) is 5.73 Å². The number of nitrogens with one attached hydrogen (secondary N) is 2. The third-order valence-electron chi connectivity index (χ3n) is 2.96. The van der Waals surface area contributed by atoms with Crippen LogP contribution in [-0.2, 0) is 6.42 Å². The highest BCUT2D eigenvalue weighted by Crippen LogP contribution is 2.17. The molecule has 0 saturated carbocycles. The van der Waals surface area contributed by atoms with Crippen molar-refractivity contribution >= 4 is 11.6 Å². The number of nitrogen functional groups attached to an aromatic ring is 1. The Morgan fingerprint density at radius 2 is 2.35 bits per heavy atom. The Bertz CT molecular complexity index is 602. The van der Waals surface area contributed by atoms with E-state index in [1.54, 1.807) is 20.0 Å². The molecule has 1 unspecified atom stereocenters. The van der Waals surface area contributed by atoms with Crippen molar-refractivity contribution in [3.63, 3.8) is 0 Å². The molecular weight excluding hydrogens is 258 g/mol. The van der Waals surface area contributed by atoms with Crippen LogP contribution in [0.5, 0.6) is 0 Å². The lowest BCUT2D eigenvalue weighted by molar-refractivity contribution is 0.0929. The molecule has 2 heterocycles. The molecule has 0 spiro atoms. The standard InChI is InChI=1S/C13H19N5O2/c1-4-5-9-10(14)11(18-17-9)12(19)16-8(3)13-15-6-7(2)20-13/h6,8H,4-5,14H2,1-3H3,(H,16,19)(H,17,18). The lowest BCUT2D eigenvalue weighted by Gasteiger charge is -2.09. The Kier molecular flexibility index (Phi) is 4.07. The second-order valence-electron chi connectivity index (χ2n) is 4.72. The van der Waals surface area contributed by atoms with Gasteiger partial charge in [0, 0.05) is 0 Å². The molecule has 0 bridgehead atoms. The molecule has 2 rings (SSSR count). The van der Waals surface area contributed by atoms with Crippen molar-refractivity contribution in [1.82, 2.24) is 20.5 Å². The largest absolute Gasteiger partial charge is 0.444 e. The van der Waals surface area contributed by atoms with E-state index >= 15 is 0 Å². The molecule has 2 aromatic heterocycles. The fraction of sp³-hybridized carbons (Fsp3) is 0.462. The number of aromatic nitrogens is 3. The van der Waals surface area contributed by atoms with Crippen molar-refractivity contribution in [3.8, 4) is 0 Å². The van der Waals surface area contributed by atoms with Gasteiger partial charge < -0.3 is 15.5 Å². The van der Waals surface area contributed by atoms with Crippen LogP contribution in [0.3, 0.4) is 0 Å². The molecule has 0 saturated heterocycles. The van der Waals surface area contributed by atoms with Crippen LogP contribution in [0, 0.1) is 6.92 Å². The van der Waals surface area contributed by atoms with Gasteiger partial charge in [0.15, 0.2) is 5.69 Å². The Hall–Kier alpha value is -2.31. The third-order valence-corrected chi connectivity index (χ3v) is 2.96. The molecule has 7 nitrogen and oxygen atoms in total. The quantitative estimate of drug-likeness (QED) is 0.771. The third kappa shape index (κ3) is 2.81. The van der Waals surface area contributed by atoms with Gasteiger partial charge in [-0.25, -0.2) is 4.98 Å². The fourth-order valence-electron chi connectivity index (χ4n) is 1.90. The molecule has 4 N–H and O–H groups in total. The number of aromatic amines is 1. The summed E-state index contributed by atoms with van der Waals surface area (Å²) in [5.74, 6) is 0.814. The highest BCUT2D eigenvalue weighted by Gasteiger charge is 2.20. The zero-order valence-electron chi connectivity index (χ0n) is 11.9. The molecule has 0 aromatic carbocycles. The predicted octanol–water partition coefficient (Wildman–Crippen LogP) is 1.73. The minimum Gasteiger partial charge on any atom is -0.444 e. The van der Waals surface area contributed by atoms with Crippen LogP contribution in [0.1, 0.15) is 54.1 Å². The van der Waals surface area contributed by atoms with E-state index < -0.39 is 0 Å². The molecule has 0 aliphatic carbocycles. The van der Waals surface area contributed by atoms with Gasteiger partial charge in [0.2, 0.25) is 5.89 Å². The number of rotatable bonds is 5. The van der Waals surface area contributed by atoms with Crippen LogP contribution >= 0.6 is 0 Å². The summed E-state index contributed by atoms with van der Waals surface area (Å²) in [7, 11) is 0. The highest BCUT2D eigenvalue weighted by molar-refractivity contribution is 5.97. The molecule has 20 heavy (non-hydrogen) atoms. The normalized spacial score (nSPS) is 12.3. The van der Waals surface area contributed by atoms with Crippen molar-refractivity contribution in [1.29, 1.82) is 0 Å². The van der Waals surface area contributed by atoms with Gasteiger partial charge in [-0.15, -0.1) is 0 Å². The first-order valence-corrected chi connectivity index (χ1v) is 6.58. The first-order chi connectivity index (χ1) is 9.52. The van der Waals surface area contributed by atoms with E-state index in [1.807, 2.05) is 6.92 Å². The number of anilines is 1. The topological polar surface area (TPSA) is 110 Å². The predicted molar refractivity (Wildman–Crippen MR) is 74.1 cm³/mol. The minimum atomic E-state index is -0.345.